The Kier molecular flexibility index (Phi) is 5.02. The van der Waals surface area contributed by atoms with Crippen LogP contribution >= 0.6 is 0 Å². The van der Waals surface area contributed by atoms with E-state index in [1.54, 1.807) is 0 Å². The van der Waals surface area contributed by atoms with E-state index in [1.807, 2.05) is 0 Å². The molecule has 0 aliphatic heterocycles. The molecule has 2 saturated carbocycles. The van der Waals surface area contributed by atoms with E-state index in [4.69, 9.17) is 13.3 Å². The van der Waals surface area contributed by atoms with Gasteiger partial charge in [0.15, 0.2) is 0 Å². The van der Waals surface area contributed by atoms with Crippen LogP contribution in [-0.2, 0) is 13.3 Å². The van der Waals surface area contributed by atoms with Crippen molar-refractivity contribution in [1.82, 2.24) is 0 Å². The zero-order valence-electron chi connectivity index (χ0n) is 11.3. The Morgan fingerprint density at radius 1 is 0.765 bits per heavy atom. The van der Waals surface area contributed by atoms with Gasteiger partial charge < -0.3 is 13.3 Å². The summed E-state index contributed by atoms with van der Waals surface area (Å²) >= 11 is 0. The zero-order valence-corrected chi connectivity index (χ0v) is 14.3. The maximum atomic E-state index is 6.23. The van der Waals surface area contributed by atoms with Gasteiger partial charge in [0.25, 0.3) is 0 Å². The summed E-state index contributed by atoms with van der Waals surface area (Å²) in [7, 11) is -2.16. The highest BCUT2D eigenvalue weighted by atomic mass is 28.3. The molecule has 17 heavy (non-hydrogen) atoms. The first-order valence-electron chi connectivity index (χ1n) is 6.53. The van der Waals surface area contributed by atoms with Crippen LogP contribution in [0.25, 0.3) is 0 Å². The molecule has 97 valence electrons. The molecule has 0 aromatic carbocycles. The van der Waals surface area contributed by atoms with Gasteiger partial charge in [-0.05, 0) is 37.3 Å². The molecule has 0 spiro atoms. The molecule has 0 atom stereocenters. The Balaban J connectivity index is 1.84. The highest BCUT2D eigenvalue weighted by molar-refractivity contribution is 6.57. The lowest BCUT2D eigenvalue weighted by molar-refractivity contribution is -0.149. The molecule has 2 rings (SSSR count). The molecule has 2 fully saturated rings. The molecular weight excluding hydrogens is 264 g/mol. The Morgan fingerprint density at radius 3 is 1.47 bits per heavy atom. The van der Waals surface area contributed by atoms with E-state index in [0.29, 0.717) is 0 Å². The third kappa shape index (κ3) is 4.96. The quantitative estimate of drug-likeness (QED) is 0.507. The van der Waals surface area contributed by atoms with Crippen LogP contribution < -0.4 is 0 Å². The SMILES string of the molecule is C[Si](C)OC(O[Si](C)C)O[Si](C1CC1)C1CC1. The smallest absolute Gasteiger partial charge is 0.242 e. The van der Waals surface area contributed by atoms with Crippen LogP contribution in [0.4, 0.5) is 0 Å². The maximum absolute atomic E-state index is 6.23. The number of hydrogen-bond donors (Lipinski definition) is 0. The summed E-state index contributed by atoms with van der Waals surface area (Å²) in [5.41, 5.74) is 1.77. The third-order valence-corrected chi connectivity index (χ3v) is 7.41. The van der Waals surface area contributed by atoms with Crippen LogP contribution in [0.1, 0.15) is 25.7 Å². The zero-order chi connectivity index (χ0) is 12.4. The molecule has 0 saturated heterocycles. The van der Waals surface area contributed by atoms with Gasteiger partial charge in [0.05, 0.1) is 0 Å². The van der Waals surface area contributed by atoms with Gasteiger partial charge in [0.1, 0.15) is 0 Å². The summed E-state index contributed by atoms with van der Waals surface area (Å²) in [6.45, 7) is 8.22. The molecule has 6 heteroatoms. The van der Waals surface area contributed by atoms with Crippen LogP contribution in [0.5, 0.6) is 0 Å². The topological polar surface area (TPSA) is 27.7 Å². The Labute approximate surface area is 110 Å². The highest BCUT2D eigenvalue weighted by Gasteiger charge is 2.46. The molecule has 0 aromatic rings. The van der Waals surface area contributed by atoms with E-state index in [9.17, 15) is 0 Å². The van der Waals surface area contributed by atoms with Gasteiger partial charge in [-0.2, -0.15) is 0 Å². The second kappa shape index (κ2) is 6.12. The fourth-order valence-electron chi connectivity index (χ4n) is 1.83. The average molecular weight is 288 g/mol. The van der Waals surface area contributed by atoms with Crippen molar-refractivity contribution in [3.8, 4) is 0 Å². The molecule has 0 aromatic heterocycles. The van der Waals surface area contributed by atoms with Gasteiger partial charge in [0, 0.05) is 0 Å². The lowest BCUT2D eigenvalue weighted by Crippen LogP contribution is -2.36. The van der Waals surface area contributed by atoms with Crippen LogP contribution in [0, 0.1) is 0 Å². The van der Waals surface area contributed by atoms with Crippen molar-refractivity contribution in [3.63, 3.8) is 0 Å². The van der Waals surface area contributed by atoms with Crippen molar-refractivity contribution in [2.45, 2.75) is 69.4 Å². The van der Waals surface area contributed by atoms with Gasteiger partial charge in [-0.25, -0.2) is 0 Å². The fraction of sp³-hybridized carbons (Fsp3) is 1.00. The second-order valence-corrected chi connectivity index (χ2v) is 12.2. The third-order valence-electron chi connectivity index (χ3n) is 2.86. The minimum atomic E-state index is -0.751. The standard InChI is InChI=1S/C11H23O3Si3/c1-15(2)12-11(13-16(3)4)14-17(9-5-6-9)10-7-8-10/h9-11H,5-8H2,1-4H3. The predicted octanol–water partition coefficient (Wildman–Crippen LogP) is 3.14. The predicted molar refractivity (Wildman–Crippen MR) is 73.7 cm³/mol. The molecular formula is C11H23O3Si3. The minimum absolute atomic E-state index is 0.349. The monoisotopic (exact) mass is 287 g/mol. The van der Waals surface area contributed by atoms with Gasteiger partial charge in [-0.15, -0.1) is 0 Å². The first-order chi connectivity index (χ1) is 8.06. The van der Waals surface area contributed by atoms with Gasteiger partial charge in [0.2, 0.25) is 33.6 Å². The first kappa shape index (κ1) is 14.0. The molecule has 2 aliphatic rings. The normalized spacial score (nSPS) is 21.2. The summed E-state index contributed by atoms with van der Waals surface area (Å²) in [6.07, 6.45) is 5.51. The first-order valence-corrected chi connectivity index (χ1v) is 12.9. The lowest BCUT2D eigenvalue weighted by Gasteiger charge is -2.26. The molecule has 2 aliphatic carbocycles. The number of hydrogen-bond acceptors (Lipinski definition) is 3. The van der Waals surface area contributed by atoms with Crippen LogP contribution in [0.15, 0.2) is 0 Å². The molecule has 3 nitrogen and oxygen atoms in total. The van der Waals surface area contributed by atoms with Crippen LogP contribution in [0.2, 0.25) is 37.3 Å². The maximum Gasteiger partial charge on any atom is 0.242 e. The molecule has 0 heterocycles. The summed E-state index contributed by atoms with van der Waals surface area (Å²) in [5.74, 6) is 0. The van der Waals surface area contributed by atoms with Gasteiger partial charge in [-0.1, -0.05) is 25.7 Å². The number of rotatable bonds is 8. The van der Waals surface area contributed by atoms with E-state index < -0.39 is 27.1 Å². The summed E-state index contributed by atoms with van der Waals surface area (Å²) < 4.78 is 17.9. The Bertz CT molecular complexity index is 220. The van der Waals surface area contributed by atoms with Gasteiger partial charge >= 0.3 is 0 Å². The van der Waals surface area contributed by atoms with Crippen molar-refractivity contribution in [2.75, 3.05) is 0 Å². The minimum Gasteiger partial charge on any atom is -0.373 e. The average Bonchev–Trinajstić information content (AvgIpc) is 3.05. The fourth-order valence-corrected chi connectivity index (χ4v) is 5.92. The van der Waals surface area contributed by atoms with E-state index in [2.05, 4.69) is 26.2 Å². The van der Waals surface area contributed by atoms with E-state index in [1.165, 1.54) is 25.7 Å². The van der Waals surface area contributed by atoms with Crippen molar-refractivity contribution in [3.05, 3.63) is 0 Å². The van der Waals surface area contributed by atoms with Crippen molar-refractivity contribution in [1.29, 1.82) is 0 Å². The Morgan fingerprint density at radius 2 is 1.18 bits per heavy atom. The van der Waals surface area contributed by atoms with Crippen molar-refractivity contribution in [2.24, 2.45) is 0 Å². The van der Waals surface area contributed by atoms with Crippen LogP contribution in [-0.4, -0.2) is 33.6 Å². The highest BCUT2D eigenvalue weighted by Crippen LogP contribution is 2.52. The largest absolute Gasteiger partial charge is 0.373 e. The van der Waals surface area contributed by atoms with Crippen molar-refractivity contribution < 1.29 is 13.3 Å². The second-order valence-electron chi connectivity index (χ2n) is 5.41. The molecule has 0 unspecified atom stereocenters. The molecule has 0 bridgehead atoms. The molecule has 3 radical (unpaired) electrons. The molecule has 0 amide bonds. The van der Waals surface area contributed by atoms with E-state index >= 15 is 0 Å². The van der Waals surface area contributed by atoms with Gasteiger partial charge in [-0.3, -0.25) is 0 Å². The van der Waals surface area contributed by atoms with E-state index in [-0.39, 0.29) is 6.48 Å². The van der Waals surface area contributed by atoms with Crippen molar-refractivity contribution >= 4 is 27.1 Å². The Hall–Kier alpha value is 0.531. The van der Waals surface area contributed by atoms with Crippen LogP contribution in [0.3, 0.4) is 0 Å². The molecule has 0 N–H and O–H groups in total. The lowest BCUT2D eigenvalue weighted by atomic mass is 10.9. The summed E-state index contributed by atoms with van der Waals surface area (Å²) in [4.78, 5) is 0. The van der Waals surface area contributed by atoms with E-state index in [0.717, 1.165) is 11.1 Å². The summed E-state index contributed by atoms with van der Waals surface area (Å²) in [5, 5.41) is 0. The summed E-state index contributed by atoms with van der Waals surface area (Å²) in [6, 6.07) is 0.